The summed E-state index contributed by atoms with van der Waals surface area (Å²) in [6.45, 7) is 1.89. The average Bonchev–Trinajstić information content (AvgIpc) is 3.04. The highest BCUT2D eigenvalue weighted by atomic mass is 16.5. The Morgan fingerprint density at radius 3 is 2.87 bits per heavy atom. The highest BCUT2D eigenvalue weighted by Gasteiger charge is 2.28. The van der Waals surface area contributed by atoms with E-state index in [2.05, 4.69) is 9.97 Å². The van der Waals surface area contributed by atoms with Crippen molar-refractivity contribution in [2.75, 3.05) is 26.8 Å². The smallest absolute Gasteiger partial charge is 0.264 e. The van der Waals surface area contributed by atoms with Gasteiger partial charge in [-0.1, -0.05) is 30.3 Å². The fourth-order valence-corrected chi connectivity index (χ4v) is 2.85. The topological polar surface area (TPSA) is 75.3 Å². The lowest BCUT2D eigenvalue weighted by atomic mass is 10.1. The van der Waals surface area contributed by atoms with Crippen LogP contribution >= 0.6 is 0 Å². The number of nitrogens with zero attached hydrogens (tertiary/aromatic N) is 2. The number of nitrogens with one attached hydrogen (secondary N) is 1. The number of carbonyl (C=O) groups is 1. The predicted octanol–water partition coefficient (Wildman–Crippen LogP) is 1.55. The molecule has 1 aromatic carbocycles. The van der Waals surface area contributed by atoms with Crippen LogP contribution in [0.1, 0.15) is 16.8 Å². The summed E-state index contributed by atoms with van der Waals surface area (Å²) in [7, 11) is 1.65. The second-order valence-electron chi connectivity index (χ2n) is 5.70. The quantitative estimate of drug-likeness (QED) is 0.929. The number of aromatic amines is 1. The van der Waals surface area contributed by atoms with Crippen LogP contribution in [0.15, 0.2) is 41.3 Å². The lowest BCUT2D eigenvalue weighted by Crippen LogP contribution is -2.33. The average molecular weight is 313 g/mol. The molecule has 120 valence electrons. The molecule has 23 heavy (non-hydrogen) atoms. The summed E-state index contributed by atoms with van der Waals surface area (Å²) in [5, 5.41) is 0. The molecule has 1 aliphatic heterocycles. The molecular formula is C17H19N3O3. The fraction of sp³-hybridized carbons (Fsp3) is 0.353. The van der Waals surface area contributed by atoms with E-state index >= 15 is 0 Å². The van der Waals surface area contributed by atoms with E-state index in [0.29, 0.717) is 31.4 Å². The number of amides is 1. The first-order valence-corrected chi connectivity index (χ1v) is 7.62. The largest absolute Gasteiger partial charge is 0.384 e. The second kappa shape index (κ2) is 6.75. The Morgan fingerprint density at radius 1 is 1.39 bits per heavy atom. The van der Waals surface area contributed by atoms with E-state index in [-0.39, 0.29) is 11.5 Å². The zero-order chi connectivity index (χ0) is 16.2. The number of aromatic nitrogens is 2. The fourth-order valence-electron chi connectivity index (χ4n) is 2.85. The first-order valence-electron chi connectivity index (χ1n) is 7.62. The third-order valence-corrected chi connectivity index (χ3v) is 4.05. The van der Waals surface area contributed by atoms with Gasteiger partial charge in [0.2, 0.25) is 0 Å². The number of H-pyrrole nitrogens is 1. The van der Waals surface area contributed by atoms with Crippen molar-refractivity contribution in [3.63, 3.8) is 0 Å². The number of carbonyl (C=O) groups excluding carboxylic acids is 1. The van der Waals surface area contributed by atoms with Gasteiger partial charge in [0, 0.05) is 37.9 Å². The Kier molecular flexibility index (Phi) is 4.52. The van der Waals surface area contributed by atoms with E-state index in [0.717, 1.165) is 12.0 Å². The molecule has 1 amide bonds. The Hall–Kier alpha value is -2.47. The number of benzene rings is 1. The van der Waals surface area contributed by atoms with E-state index in [1.807, 2.05) is 30.3 Å². The number of ether oxygens (including phenoxy) is 1. The monoisotopic (exact) mass is 313 g/mol. The summed E-state index contributed by atoms with van der Waals surface area (Å²) in [4.78, 5) is 33.4. The summed E-state index contributed by atoms with van der Waals surface area (Å²) >= 11 is 0. The molecule has 0 unspecified atom stereocenters. The van der Waals surface area contributed by atoms with Gasteiger partial charge in [-0.3, -0.25) is 9.59 Å². The normalized spacial score (nSPS) is 17.4. The van der Waals surface area contributed by atoms with Gasteiger partial charge in [-0.05, 0) is 6.42 Å². The molecule has 1 atom stereocenters. The molecule has 0 aliphatic carbocycles. The molecule has 1 aromatic heterocycles. The summed E-state index contributed by atoms with van der Waals surface area (Å²) in [6.07, 6.45) is 2.26. The van der Waals surface area contributed by atoms with Crippen molar-refractivity contribution in [1.82, 2.24) is 14.9 Å². The van der Waals surface area contributed by atoms with Crippen molar-refractivity contribution >= 4 is 5.91 Å². The molecule has 1 fully saturated rings. The van der Waals surface area contributed by atoms with Gasteiger partial charge in [-0.15, -0.1) is 0 Å². The van der Waals surface area contributed by atoms with E-state index in [1.54, 1.807) is 12.0 Å². The Morgan fingerprint density at radius 2 is 2.17 bits per heavy atom. The molecular weight excluding hydrogens is 294 g/mol. The number of likely N-dealkylation sites (tertiary alicyclic amines) is 1. The lowest BCUT2D eigenvalue weighted by molar-refractivity contribution is 0.0773. The predicted molar refractivity (Wildman–Crippen MR) is 86.2 cm³/mol. The van der Waals surface area contributed by atoms with Crippen LogP contribution in [0.25, 0.3) is 11.4 Å². The summed E-state index contributed by atoms with van der Waals surface area (Å²) in [6, 6.07) is 9.34. The van der Waals surface area contributed by atoms with Crippen molar-refractivity contribution in [2.45, 2.75) is 6.42 Å². The summed E-state index contributed by atoms with van der Waals surface area (Å²) in [5.74, 6) is 0.530. The van der Waals surface area contributed by atoms with Crippen LogP contribution in [-0.2, 0) is 4.74 Å². The van der Waals surface area contributed by atoms with Crippen molar-refractivity contribution in [1.29, 1.82) is 0 Å². The SMILES string of the molecule is COC[C@H]1CCN(C(=O)c2cnc(-c3ccccc3)[nH]c2=O)C1. The van der Waals surface area contributed by atoms with Gasteiger partial charge < -0.3 is 14.6 Å². The zero-order valence-corrected chi connectivity index (χ0v) is 13.0. The molecule has 3 rings (SSSR count). The molecule has 6 nitrogen and oxygen atoms in total. The third-order valence-electron chi connectivity index (χ3n) is 4.05. The van der Waals surface area contributed by atoms with E-state index in [1.165, 1.54) is 6.20 Å². The third kappa shape index (κ3) is 3.32. The maximum Gasteiger partial charge on any atom is 0.264 e. The molecule has 0 saturated carbocycles. The van der Waals surface area contributed by atoms with Crippen LogP contribution in [0.2, 0.25) is 0 Å². The summed E-state index contributed by atoms with van der Waals surface area (Å²) in [5.41, 5.74) is 0.492. The number of hydrogen-bond donors (Lipinski definition) is 1. The molecule has 2 heterocycles. The van der Waals surface area contributed by atoms with Gasteiger partial charge >= 0.3 is 0 Å². The Bertz CT molecular complexity index is 742. The second-order valence-corrected chi connectivity index (χ2v) is 5.70. The molecule has 6 heteroatoms. The number of methoxy groups -OCH3 is 1. The van der Waals surface area contributed by atoms with Crippen LogP contribution < -0.4 is 5.56 Å². The molecule has 0 radical (unpaired) electrons. The van der Waals surface area contributed by atoms with Gasteiger partial charge in [0.1, 0.15) is 11.4 Å². The minimum absolute atomic E-state index is 0.0859. The highest BCUT2D eigenvalue weighted by Crippen LogP contribution is 2.18. The van der Waals surface area contributed by atoms with E-state index < -0.39 is 5.56 Å². The molecule has 1 saturated heterocycles. The molecule has 1 N–H and O–H groups in total. The van der Waals surface area contributed by atoms with Crippen molar-refractivity contribution < 1.29 is 9.53 Å². The van der Waals surface area contributed by atoms with Gasteiger partial charge in [-0.2, -0.15) is 0 Å². The minimum Gasteiger partial charge on any atom is -0.384 e. The van der Waals surface area contributed by atoms with Crippen molar-refractivity contribution in [2.24, 2.45) is 5.92 Å². The van der Waals surface area contributed by atoms with Gasteiger partial charge in [0.15, 0.2) is 0 Å². The van der Waals surface area contributed by atoms with Gasteiger partial charge in [0.25, 0.3) is 11.5 Å². The van der Waals surface area contributed by atoms with Crippen LogP contribution in [0, 0.1) is 5.92 Å². The number of hydrogen-bond acceptors (Lipinski definition) is 4. The Labute approximate surface area is 134 Å². The highest BCUT2D eigenvalue weighted by molar-refractivity contribution is 5.93. The van der Waals surface area contributed by atoms with Gasteiger partial charge in [-0.25, -0.2) is 4.98 Å². The van der Waals surface area contributed by atoms with Crippen LogP contribution in [0.3, 0.4) is 0 Å². The van der Waals surface area contributed by atoms with E-state index in [4.69, 9.17) is 4.74 Å². The maximum atomic E-state index is 12.5. The molecule has 2 aromatic rings. The maximum absolute atomic E-state index is 12.5. The number of rotatable bonds is 4. The zero-order valence-electron chi connectivity index (χ0n) is 13.0. The first-order chi connectivity index (χ1) is 11.2. The minimum atomic E-state index is -0.404. The standard InChI is InChI=1S/C17H19N3O3/c1-23-11-12-7-8-20(10-12)17(22)14-9-18-15(19-16(14)21)13-5-3-2-4-6-13/h2-6,9,12H,7-8,10-11H2,1H3,(H,18,19,21)/t12-/m0/s1. The van der Waals surface area contributed by atoms with Crippen LogP contribution in [0.4, 0.5) is 0 Å². The molecule has 0 spiro atoms. The lowest BCUT2D eigenvalue weighted by Gasteiger charge is -2.16. The van der Waals surface area contributed by atoms with Crippen LogP contribution in [-0.4, -0.2) is 47.6 Å². The first kappa shape index (κ1) is 15.4. The molecule has 1 aliphatic rings. The molecule has 0 bridgehead atoms. The van der Waals surface area contributed by atoms with Crippen molar-refractivity contribution in [3.05, 3.63) is 52.4 Å². The van der Waals surface area contributed by atoms with Crippen molar-refractivity contribution in [3.8, 4) is 11.4 Å². The Balaban J connectivity index is 1.79. The summed E-state index contributed by atoms with van der Waals surface area (Å²) < 4.78 is 5.13. The van der Waals surface area contributed by atoms with Gasteiger partial charge in [0.05, 0.1) is 6.61 Å². The van der Waals surface area contributed by atoms with E-state index in [9.17, 15) is 9.59 Å². The van der Waals surface area contributed by atoms with Crippen LogP contribution in [0.5, 0.6) is 0 Å².